The third-order valence-corrected chi connectivity index (χ3v) is 1.80. The van der Waals surface area contributed by atoms with E-state index in [2.05, 4.69) is 10.1 Å². The maximum Gasteiger partial charge on any atom is 0.315 e. The van der Waals surface area contributed by atoms with Gasteiger partial charge < -0.3 is 14.0 Å². The number of aromatic nitrogens is 2. The van der Waals surface area contributed by atoms with Crippen LogP contribution in [-0.2, 0) is 20.7 Å². The number of esters is 1. The highest BCUT2D eigenvalue weighted by atomic mass is 16.5. The molecule has 1 aromatic heterocycles. The zero-order valence-electron chi connectivity index (χ0n) is 9.02. The van der Waals surface area contributed by atoms with Crippen LogP contribution in [0, 0.1) is 0 Å². The standard InChI is InChI=1S/C9H14N2O4/c1-4-14-8(12)5-7-10-9(11-15-7)6(2)13-3/h6H,4-5H2,1-3H3. The molecule has 0 saturated carbocycles. The van der Waals surface area contributed by atoms with E-state index in [4.69, 9.17) is 14.0 Å². The minimum Gasteiger partial charge on any atom is -0.466 e. The molecule has 0 spiro atoms. The Kier molecular flexibility index (Phi) is 4.23. The first kappa shape index (κ1) is 11.6. The number of nitrogens with zero attached hydrogens (tertiary/aromatic N) is 2. The Morgan fingerprint density at radius 3 is 2.93 bits per heavy atom. The van der Waals surface area contributed by atoms with Gasteiger partial charge in [-0.2, -0.15) is 4.98 Å². The zero-order chi connectivity index (χ0) is 11.3. The molecule has 0 aliphatic rings. The SMILES string of the molecule is CCOC(=O)Cc1nc(C(C)OC)no1. The average Bonchev–Trinajstić information content (AvgIpc) is 2.65. The van der Waals surface area contributed by atoms with Crippen molar-refractivity contribution in [2.24, 2.45) is 0 Å². The fourth-order valence-electron chi connectivity index (χ4n) is 0.946. The molecule has 6 nitrogen and oxygen atoms in total. The van der Waals surface area contributed by atoms with Crippen LogP contribution in [0.25, 0.3) is 0 Å². The van der Waals surface area contributed by atoms with Gasteiger partial charge in [0.1, 0.15) is 12.5 Å². The summed E-state index contributed by atoms with van der Waals surface area (Å²) in [5.74, 6) is 0.293. The lowest BCUT2D eigenvalue weighted by molar-refractivity contribution is -0.142. The number of methoxy groups -OCH3 is 1. The second-order valence-corrected chi connectivity index (χ2v) is 2.91. The molecule has 0 aliphatic heterocycles. The number of hydrogen-bond donors (Lipinski definition) is 0. The van der Waals surface area contributed by atoms with Gasteiger partial charge in [0.2, 0.25) is 5.89 Å². The first-order valence-electron chi connectivity index (χ1n) is 4.68. The smallest absolute Gasteiger partial charge is 0.315 e. The predicted octanol–water partition coefficient (Wildman–Crippen LogP) is 0.883. The van der Waals surface area contributed by atoms with Crippen molar-refractivity contribution >= 4 is 5.97 Å². The summed E-state index contributed by atoms with van der Waals surface area (Å²) in [5.41, 5.74) is 0. The lowest BCUT2D eigenvalue weighted by atomic mass is 10.4. The summed E-state index contributed by atoms with van der Waals surface area (Å²) in [6, 6.07) is 0. The molecule has 1 unspecified atom stereocenters. The molecule has 0 amide bonds. The van der Waals surface area contributed by atoms with Crippen LogP contribution >= 0.6 is 0 Å². The lowest BCUT2D eigenvalue weighted by Crippen LogP contribution is -2.08. The first-order chi connectivity index (χ1) is 7.17. The van der Waals surface area contributed by atoms with Crippen LogP contribution in [0.3, 0.4) is 0 Å². The van der Waals surface area contributed by atoms with E-state index < -0.39 is 0 Å². The lowest BCUT2D eigenvalue weighted by Gasteiger charge is -2.00. The molecular formula is C9H14N2O4. The highest BCUT2D eigenvalue weighted by Crippen LogP contribution is 2.11. The van der Waals surface area contributed by atoms with Gasteiger partial charge in [-0.3, -0.25) is 4.79 Å². The van der Waals surface area contributed by atoms with E-state index in [0.29, 0.717) is 12.4 Å². The fraction of sp³-hybridized carbons (Fsp3) is 0.667. The van der Waals surface area contributed by atoms with E-state index in [-0.39, 0.29) is 24.4 Å². The molecule has 1 atom stereocenters. The maximum absolute atomic E-state index is 11.1. The minimum absolute atomic E-state index is 0.00270. The van der Waals surface area contributed by atoms with Gasteiger partial charge in [0.25, 0.3) is 0 Å². The Morgan fingerprint density at radius 1 is 1.60 bits per heavy atom. The van der Waals surface area contributed by atoms with Gasteiger partial charge in [-0.25, -0.2) is 0 Å². The van der Waals surface area contributed by atoms with E-state index in [1.165, 1.54) is 0 Å². The van der Waals surface area contributed by atoms with Crippen molar-refractivity contribution in [3.05, 3.63) is 11.7 Å². The molecule has 15 heavy (non-hydrogen) atoms. The van der Waals surface area contributed by atoms with Gasteiger partial charge in [0.15, 0.2) is 5.82 Å². The summed E-state index contributed by atoms with van der Waals surface area (Å²) >= 11 is 0. The van der Waals surface area contributed by atoms with Crippen molar-refractivity contribution in [2.75, 3.05) is 13.7 Å². The number of carbonyl (C=O) groups excluding carboxylic acids is 1. The number of rotatable bonds is 5. The molecule has 1 aromatic rings. The van der Waals surface area contributed by atoms with Crippen molar-refractivity contribution < 1.29 is 18.8 Å². The molecule has 0 bridgehead atoms. The van der Waals surface area contributed by atoms with Gasteiger partial charge in [-0.15, -0.1) is 0 Å². The van der Waals surface area contributed by atoms with E-state index in [1.807, 2.05) is 0 Å². The zero-order valence-corrected chi connectivity index (χ0v) is 9.02. The fourth-order valence-corrected chi connectivity index (χ4v) is 0.946. The molecule has 0 saturated heterocycles. The van der Waals surface area contributed by atoms with Gasteiger partial charge in [0.05, 0.1) is 6.61 Å². The Labute approximate surface area is 87.6 Å². The molecule has 0 radical (unpaired) electrons. The van der Waals surface area contributed by atoms with Crippen molar-refractivity contribution in [2.45, 2.75) is 26.4 Å². The normalized spacial score (nSPS) is 12.5. The Bertz CT molecular complexity index is 324. The Morgan fingerprint density at radius 2 is 2.33 bits per heavy atom. The summed E-state index contributed by atoms with van der Waals surface area (Å²) in [6.45, 7) is 3.87. The van der Waals surface area contributed by atoms with Gasteiger partial charge in [-0.05, 0) is 13.8 Å². The highest BCUT2D eigenvalue weighted by Gasteiger charge is 2.15. The largest absolute Gasteiger partial charge is 0.466 e. The monoisotopic (exact) mass is 214 g/mol. The molecule has 0 fully saturated rings. The quantitative estimate of drug-likeness (QED) is 0.677. The van der Waals surface area contributed by atoms with E-state index in [1.54, 1.807) is 21.0 Å². The molecule has 0 aliphatic carbocycles. The van der Waals surface area contributed by atoms with Crippen LogP contribution in [-0.4, -0.2) is 29.8 Å². The van der Waals surface area contributed by atoms with Crippen LogP contribution < -0.4 is 0 Å². The molecule has 0 aromatic carbocycles. The summed E-state index contributed by atoms with van der Waals surface area (Å²) in [7, 11) is 1.55. The van der Waals surface area contributed by atoms with Gasteiger partial charge in [0, 0.05) is 7.11 Å². The van der Waals surface area contributed by atoms with Crippen LogP contribution in [0.1, 0.15) is 31.7 Å². The topological polar surface area (TPSA) is 74.5 Å². The van der Waals surface area contributed by atoms with Crippen LogP contribution in [0.4, 0.5) is 0 Å². The average molecular weight is 214 g/mol. The molecule has 1 rings (SSSR count). The van der Waals surface area contributed by atoms with E-state index in [9.17, 15) is 4.79 Å². The molecule has 1 heterocycles. The molecular weight excluding hydrogens is 200 g/mol. The summed E-state index contributed by atoms with van der Waals surface area (Å²) in [5, 5.41) is 3.68. The summed E-state index contributed by atoms with van der Waals surface area (Å²) in [6.07, 6.45) is -0.248. The van der Waals surface area contributed by atoms with Crippen molar-refractivity contribution in [3.8, 4) is 0 Å². The van der Waals surface area contributed by atoms with Crippen LogP contribution in [0.2, 0.25) is 0 Å². The van der Waals surface area contributed by atoms with E-state index in [0.717, 1.165) is 0 Å². The maximum atomic E-state index is 11.1. The van der Waals surface area contributed by atoms with Gasteiger partial charge in [-0.1, -0.05) is 5.16 Å². The third kappa shape index (κ3) is 3.32. The van der Waals surface area contributed by atoms with Crippen molar-refractivity contribution in [1.82, 2.24) is 10.1 Å². The summed E-state index contributed by atoms with van der Waals surface area (Å²) in [4.78, 5) is 15.1. The first-order valence-corrected chi connectivity index (χ1v) is 4.68. The molecule has 0 N–H and O–H groups in total. The van der Waals surface area contributed by atoms with Crippen LogP contribution in [0.5, 0.6) is 0 Å². The predicted molar refractivity (Wildman–Crippen MR) is 50.1 cm³/mol. The van der Waals surface area contributed by atoms with Gasteiger partial charge >= 0.3 is 5.97 Å². The third-order valence-electron chi connectivity index (χ3n) is 1.80. The van der Waals surface area contributed by atoms with Crippen LogP contribution in [0.15, 0.2) is 4.52 Å². The Balaban J connectivity index is 2.56. The second kappa shape index (κ2) is 5.45. The van der Waals surface area contributed by atoms with Crippen molar-refractivity contribution in [1.29, 1.82) is 0 Å². The summed E-state index contributed by atoms with van der Waals surface area (Å²) < 4.78 is 14.6. The second-order valence-electron chi connectivity index (χ2n) is 2.91. The van der Waals surface area contributed by atoms with Crippen molar-refractivity contribution in [3.63, 3.8) is 0 Å². The number of ether oxygens (including phenoxy) is 2. The molecule has 6 heteroatoms. The van der Waals surface area contributed by atoms with E-state index >= 15 is 0 Å². The number of carbonyl (C=O) groups is 1. The number of hydrogen-bond acceptors (Lipinski definition) is 6. The Hall–Kier alpha value is -1.43. The minimum atomic E-state index is -0.377. The molecule has 84 valence electrons. The highest BCUT2D eigenvalue weighted by molar-refractivity contribution is 5.71.